The Morgan fingerprint density at radius 1 is 1.33 bits per heavy atom. The summed E-state index contributed by atoms with van der Waals surface area (Å²) in [5.74, 6) is -0.688. The number of aldehydes is 1. The standard InChI is InChI=1S/C16H21N3O3S.Na/c1-3-19(4-2)16(23)18-14-7-5-6-12(8-14)9-17-15(22)13(10-20)11-21;/h5-8,10-11,20H,3-4,9H2,1-2H3,(H,17,22)(H,18,23);/q;+1/p-1/b13-10+;. The van der Waals surface area contributed by atoms with Gasteiger partial charge in [-0.15, -0.1) is 6.26 Å². The van der Waals surface area contributed by atoms with Crippen molar-refractivity contribution in [2.24, 2.45) is 0 Å². The maximum atomic E-state index is 11.6. The predicted octanol–water partition coefficient (Wildman–Crippen LogP) is -2.21. The first kappa shape index (κ1) is 22.6. The van der Waals surface area contributed by atoms with Crippen LogP contribution in [-0.4, -0.2) is 35.3 Å². The van der Waals surface area contributed by atoms with Gasteiger partial charge in [-0.2, -0.15) is 0 Å². The molecular formula is C16H20N3NaO3S. The zero-order chi connectivity index (χ0) is 17.2. The van der Waals surface area contributed by atoms with Crippen molar-refractivity contribution in [3.63, 3.8) is 0 Å². The van der Waals surface area contributed by atoms with Crippen molar-refractivity contribution in [2.75, 3.05) is 18.4 Å². The molecule has 6 nitrogen and oxygen atoms in total. The number of nitrogens with one attached hydrogen (secondary N) is 2. The first-order valence-electron chi connectivity index (χ1n) is 7.26. The maximum Gasteiger partial charge on any atom is 1.00 e. The van der Waals surface area contributed by atoms with Gasteiger partial charge in [0.05, 0.1) is 5.57 Å². The molecule has 0 fully saturated rings. The van der Waals surface area contributed by atoms with Gasteiger partial charge in [-0.1, -0.05) is 12.1 Å². The van der Waals surface area contributed by atoms with Gasteiger partial charge in [0.2, 0.25) is 0 Å². The second-order valence-electron chi connectivity index (χ2n) is 4.68. The van der Waals surface area contributed by atoms with Gasteiger partial charge < -0.3 is 20.6 Å². The minimum absolute atomic E-state index is 0. The molecule has 0 saturated carbocycles. The van der Waals surface area contributed by atoms with E-state index in [-0.39, 0.29) is 48.7 Å². The van der Waals surface area contributed by atoms with Crippen molar-refractivity contribution in [1.29, 1.82) is 0 Å². The van der Waals surface area contributed by atoms with Gasteiger partial charge >= 0.3 is 29.6 Å². The normalized spacial score (nSPS) is 10.3. The Morgan fingerprint density at radius 2 is 2.00 bits per heavy atom. The summed E-state index contributed by atoms with van der Waals surface area (Å²) in [6, 6.07) is 7.37. The third-order valence-electron chi connectivity index (χ3n) is 3.20. The third kappa shape index (κ3) is 7.00. The van der Waals surface area contributed by atoms with Gasteiger partial charge in [0.25, 0.3) is 5.91 Å². The zero-order valence-corrected chi connectivity index (χ0v) is 17.0. The predicted molar refractivity (Wildman–Crippen MR) is 91.6 cm³/mol. The van der Waals surface area contributed by atoms with Crippen molar-refractivity contribution in [1.82, 2.24) is 10.2 Å². The van der Waals surface area contributed by atoms with Crippen LogP contribution in [0.15, 0.2) is 36.1 Å². The summed E-state index contributed by atoms with van der Waals surface area (Å²) in [5.41, 5.74) is 1.20. The molecular weight excluding hydrogens is 337 g/mol. The molecule has 0 bridgehead atoms. The fourth-order valence-corrected chi connectivity index (χ4v) is 2.27. The molecule has 0 saturated heterocycles. The SMILES string of the molecule is CCN(CC)C(=S)Nc1cccc(CNC(=O)/C(C=O)=C/[O-])c1.[Na+]. The molecule has 0 atom stereocenters. The number of carbonyl (C=O) groups is 2. The first-order chi connectivity index (χ1) is 11.0. The van der Waals surface area contributed by atoms with Gasteiger partial charge in [0.1, 0.15) is 0 Å². The molecule has 1 amide bonds. The molecule has 1 aromatic rings. The van der Waals surface area contributed by atoms with Crippen LogP contribution in [0.1, 0.15) is 19.4 Å². The van der Waals surface area contributed by atoms with Gasteiger partial charge in [0.15, 0.2) is 11.4 Å². The van der Waals surface area contributed by atoms with E-state index in [4.69, 9.17) is 12.2 Å². The van der Waals surface area contributed by atoms with Crippen LogP contribution in [0.2, 0.25) is 0 Å². The largest absolute Gasteiger partial charge is 1.00 e. The summed E-state index contributed by atoms with van der Waals surface area (Å²) >= 11 is 5.33. The number of amides is 1. The summed E-state index contributed by atoms with van der Waals surface area (Å²) in [7, 11) is 0. The smallest absolute Gasteiger partial charge is 0.877 e. The van der Waals surface area contributed by atoms with E-state index in [1.165, 1.54) is 0 Å². The Morgan fingerprint density at radius 3 is 2.54 bits per heavy atom. The molecule has 0 aliphatic carbocycles. The van der Waals surface area contributed by atoms with Crippen molar-refractivity contribution >= 4 is 35.2 Å². The second-order valence-corrected chi connectivity index (χ2v) is 5.06. The van der Waals surface area contributed by atoms with Crippen LogP contribution in [0.25, 0.3) is 0 Å². The topological polar surface area (TPSA) is 84.5 Å². The van der Waals surface area contributed by atoms with E-state index in [0.29, 0.717) is 5.11 Å². The molecule has 0 radical (unpaired) electrons. The van der Waals surface area contributed by atoms with Crippen LogP contribution in [0.3, 0.4) is 0 Å². The quantitative estimate of drug-likeness (QED) is 0.109. The Balaban J connectivity index is 0.00000529. The van der Waals surface area contributed by atoms with E-state index in [1.54, 1.807) is 0 Å². The van der Waals surface area contributed by atoms with Gasteiger partial charge in [-0.3, -0.25) is 9.59 Å². The van der Waals surface area contributed by atoms with E-state index in [2.05, 4.69) is 10.6 Å². The summed E-state index contributed by atoms with van der Waals surface area (Å²) in [4.78, 5) is 24.1. The molecule has 124 valence electrons. The molecule has 0 aromatic heterocycles. The molecule has 0 unspecified atom stereocenters. The van der Waals surface area contributed by atoms with E-state index in [1.807, 2.05) is 43.0 Å². The number of carbonyl (C=O) groups excluding carboxylic acids is 2. The van der Waals surface area contributed by atoms with E-state index in [0.717, 1.165) is 24.3 Å². The van der Waals surface area contributed by atoms with Crippen LogP contribution in [-0.2, 0) is 16.1 Å². The first-order valence-corrected chi connectivity index (χ1v) is 7.66. The fraction of sp³-hybridized carbons (Fsp3) is 0.312. The van der Waals surface area contributed by atoms with E-state index >= 15 is 0 Å². The Kier molecular flexibility index (Phi) is 11.3. The van der Waals surface area contributed by atoms with Crippen LogP contribution in [0.4, 0.5) is 5.69 Å². The van der Waals surface area contributed by atoms with Gasteiger partial charge in [-0.25, -0.2) is 0 Å². The molecule has 8 heteroatoms. The van der Waals surface area contributed by atoms with Crippen molar-refractivity contribution in [3.05, 3.63) is 41.7 Å². The van der Waals surface area contributed by atoms with Crippen LogP contribution in [0, 0.1) is 0 Å². The molecule has 0 aliphatic rings. The average Bonchev–Trinajstić information content (AvgIpc) is 2.55. The van der Waals surface area contributed by atoms with Gasteiger partial charge in [-0.05, 0) is 43.8 Å². The molecule has 0 spiro atoms. The maximum absolute atomic E-state index is 11.6. The van der Waals surface area contributed by atoms with Crippen LogP contribution < -0.4 is 45.3 Å². The minimum Gasteiger partial charge on any atom is -0.877 e. The third-order valence-corrected chi connectivity index (χ3v) is 3.56. The summed E-state index contributed by atoms with van der Waals surface area (Å²) < 4.78 is 0. The number of nitrogens with zero attached hydrogens (tertiary/aromatic N) is 1. The van der Waals surface area contributed by atoms with Gasteiger partial charge in [0, 0.05) is 25.3 Å². The molecule has 0 heterocycles. The summed E-state index contributed by atoms with van der Waals surface area (Å²) in [6.07, 6.45) is 0.478. The summed E-state index contributed by atoms with van der Waals surface area (Å²) in [6.45, 7) is 5.88. The molecule has 2 N–H and O–H groups in total. The number of benzene rings is 1. The van der Waals surface area contributed by atoms with Crippen molar-refractivity contribution in [2.45, 2.75) is 20.4 Å². The monoisotopic (exact) mass is 357 g/mol. The van der Waals surface area contributed by atoms with Crippen LogP contribution in [0.5, 0.6) is 0 Å². The molecule has 24 heavy (non-hydrogen) atoms. The minimum atomic E-state index is -0.688. The fourth-order valence-electron chi connectivity index (χ4n) is 1.89. The number of thiocarbonyl (C=S) groups is 1. The van der Waals surface area contributed by atoms with Crippen molar-refractivity contribution < 1.29 is 44.3 Å². The van der Waals surface area contributed by atoms with Crippen LogP contribution >= 0.6 is 12.2 Å². The van der Waals surface area contributed by atoms with E-state index < -0.39 is 11.5 Å². The summed E-state index contributed by atoms with van der Waals surface area (Å²) in [5, 5.41) is 16.8. The number of anilines is 1. The molecule has 1 rings (SSSR count). The Labute approximate surface area is 169 Å². The second kappa shape index (κ2) is 12.0. The average molecular weight is 357 g/mol. The number of hydrogen-bond donors (Lipinski definition) is 2. The Bertz CT molecular complexity index is 604. The zero-order valence-electron chi connectivity index (χ0n) is 14.2. The molecule has 0 aliphatic heterocycles. The molecule has 1 aromatic carbocycles. The van der Waals surface area contributed by atoms with E-state index in [9.17, 15) is 14.7 Å². The Hall–Kier alpha value is -1.41. The van der Waals surface area contributed by atoms with Crippen molar-refractivity contribution in [3.8, 4) is 0 Å². The number of rotatable bonds is 7. The number of hydrogen-bond acceptors (Lipinski definition) is 4.